The predicted octanol–water partition coefficient (Wildman–Crippen LogP) is 2.67. The van der Waals surface area contributed by atoms with E-state index in [1.54, 1.807) is 17.4 Å². The SMILES string of the molecule is O=C(O)c1ccc(Nc2nc3c(s2)CCC3)o1. The van der Waals surface area contributed by atoms with E-state index in [-0.39, 0.29) is 5.76 Å². The van der Waals surface area contributed by atoms with Crippen LogP contribution in [0.15, 0.2) is 16.5 Å². The maximum absolute atomic E-state index is 10.6. The lowest BCUT2D eigenvalue weighted by Crippen LogP contribution is -1.92. The Hall–Kier alpha value is -1.82. The Morgan fingerprint density at radius 1 is 1.47 bits per heavy atom. The van der Waals surface area contributed by atoms with Crippen LogP contribution in [-0.2, 0) is 12.8 Å². The van der Waals surface area contributed by atoms with Crippen LogP contribution in [-0.4, -0.2) is 16.1 Å². The molecule has 0 atom stereocenters. The van der Waals surface area contributed by atoms with E-state index in [2.05, 4.69) is 10.3 Å². The number of carboxylic acids is 1. The summed E-state index contributed by atoms with van der Waals surface area (Å²) in [5.74, 6) is -0.730. The Morgan fingerprint density at radius 3 is 3.06 bits per heavy atom. The Kier molecular flexibility index (Phi) is 2.36. The molecule has 6 heteroatoms. The lowest BCUT2D eigenvalue weighted by Gasteiger charge is -1.96. The van der Waals surface area contributed by atoms with Crippen LogP contribution in [0.1, 0.15) is 27.5 Å². The quantitative estimate of drug-likeness (QED) is 0.875. The smallest absolute Gasteiger partial charge is 0.371 e. The molecule has 3 rings (SSSR count). The highest BCUT2D eigenvalue weighted by atomic mass is 32.1. The van der Waals surface area contributed by atoms with Crippen LogP contribution in [0.3, 0.4) is 0 Å². The molecule has 5 nitrogen and oxygen atoms in total. The van der Waals surface area contributed by atoms with E-state index in [9.17, 15) is 4.79 Å². The normalized spacial score (nSPS) is 13.6. The van der Waals surface area contributed by atoms with Crippen molar-refractivity contribution >= 4 is 28.3 Å². The largest absolute Gasteiger partial charge is 0.475 e. The molecule has 0 fully saturated rings. The van der Waals surface area contributed by atoms with Crippen LogP contribution in [0, 0.1) is 0 Å². The Labute approximate surface area is 101 Å². The average Bonchev–Trinajstić information content (AvgIpc) is 2.91. The highest BCUT2D eigenvalue weighted by Crippen LogP contribution is 2.32. The monoisotopic (exact) mass is 250 g/mol. The summed E-state index contributed by atoms with van der Waals surface area (Å²) >= 11 is 1.60. The van der Waals surface area contributed by atoms with Gasteiger partial charge in [0, 0.05) is 10.9 Å². The molecule has 0 radical (unpaired) electrons. The number of hydrogen-bond acceptors (Lipinski definition) is 5. The van der Waals surface area contributed by atoms with Crippen molar-refractivity contribution < 1.29 is 14.3 Å². The first-order chi connectivity index (χ1) is 8.22. The van der Waals surface area contributed by atoms with Gasteiger partial charge in [-0.2, -0.15) is 0 Å². The number of nitrogens with one attached hydrogen (secondary N) is 1. The molecule has 0 saturated heterocycles. The molecule has 0 amide bonds. The summed E-state index contributed by atoms with van der Waals surface area (Å²) < 4.78 is 5.11. The number of rotatable bonds is 3. The second kappa shape index (κ2) is 3.89. The van der Waals surface area contributed by atoms with E-state index in [0.717, 1.165) is 23.7 Å². The molecule has 2 aromatic heterocycles. The van der Waals surface area contributed by atoms with Gasteiger partial charge in [-0.15, -0.1) is 11.3 Å². The van der Waals surface area contributed by atoms with Gasteiger partial charge >= 0.3 is 5.97 Å². The first-order valence-electron chi connectivity index (χ1n) is 5.31. The molecule has 17 heavy (non-hydrogen) atoms. The van der Waals surface area contributed by atoms with Gasteiger partial charge in [-0.1, -0.05) is 0 Å². The fourth-order valence-corrected chi connectivity index (χ4v) is 2.92. The zero-order chi connectivity index (χ0) is 11.8. The van der Waals surface area contributed by atoms with Crippen LogP contribution in [0.4, 0.5) is 11.0 Å². The number of aromatic nitrogens is 1. The predicted molar refractivity (Wildman–Crippen MR) is 63.1 cm³/mol. The van der Waals surface area contributed by atoms with Crippen molar-refractivity contribution in [1.29, 1.82) is 0 Å². The molecular weight excluding hydrogens is 240 g/mol. The average molecular weight is 250 g/mol. The number of fused-ring (bicyclic) bond motifs is 1. The van der Waals surface area contributed by atoms with Crippen molar-refractivity contribution in [3.05, 3.63) is 28.5 Å². The Morgan fingerprint density at radius 2 is 2.35 bits per heavy atom. The highest BCUT2D eigenvalue weighted by Gasteiger charge is 2.17. The molecule has 0 unspecified atom stereocenters. The number of furan rings is 1. The number of carboxylic acid groups (broad SMARTS) is 1. The van der Waals surface area contributed by atoms with Crippen LogP contribution < -0.4 is 5.32 Å². The van der Waals surface area contributed by atoms with Gasteiger partial charge in [-0.05, 0) is 25.3 Å². The molecule has 1 aliphatic rings. The van der Waals surface area contributed by atoms with E-state index in [1.807, 2.05) is 0 Å². The number of thiazole rings is 1. The lowest BCUT2D eigenvalue weighted by molar-refractivity contribution is 0.0663. The summed E-state index contributed by atoms with van der Waals surface area (Å²) in [6, 6.07) is 3.02. The Bertz CT molecular complexity index is 552. The molecule has 88 valence electrons. The number of carbonyl (C=O) groups is 1. The standard InChI is InChI=1S/C11H10N2O3S/c14-10(15)7-4-5-9(16-7)13-11-12-6-2-1-3-8(6)17-11/h4-5H,1-3H2,(H,12,13)(H,14,15). The molecular formula is C11H10N2O3S. The van der Waals surface area contributed by atoms with Gasteiger partial charge in [0.1, 0.15) is 0 Å². The summed E-state index contributed by atoms with van der Waals surface area (Å²) in [5.41, 5.74) is 1.16. The van der Waals surface area contributed by atoms with E-state index in [0.29, 0.717) is 5.88 Å². The van der Waals surface area contributed by atoms with Gasteiger partial charge in [0.25, 0.3) is 0 Å². The number of aryl methyl sites for hydroxylation is 2. The fraction of sp³-hybridized carbons (Fsp3) is 0.273. The molecule has 0 saturated carbocycles. The minimum absolute atomic E-state index is 0.0726. The molecule has 0 aromatic carbocycles. The van der Waals surface area contributed by atoms with Crippen LogP contribution in [0.2, 0.25) is 0 Å². The second-order valence-electron chi connectivity index (χ2n) is 3.84. The van der Waals surface area contributed by atoms with Crippen molar-refractivity contribution in [2.75, 3.05) is 5.32 Å². The number of nitrogens with zero attached hydrogens (tertiary/aromatic N) is 1. The molecule has 0 bridgehead atoms. The number of aromatic carboxylic acids is 1. The van der Waals surface area contributed by atoms with E-state index >= 15 is 0 Å². The maximum atomic E-state index is 10.6. The summed E-state index contributed by atoms with van der Waals surface area (Å²) in [6.07, 6.45) is 3.30. The van der Waals surface area contributed by atoms with Gasteiger partial charge in [-0.25, -0.2) is 9.78 Å². The minimum Gasteiger partial charge on any atom is -0.475 e. The van der Waals surface area contributed by atoms with Crippen LogP contribution in [0.25, 0.3) is 0 Å². The number of anilines is 2. The molecule has 0 spiro atoms. The lowest BCUT2D eigenvalue weighted by atomic mass is 10.4. The van der Waals surface area contributed by atoms with Crippen molar-refractivity contribution in [3.63, 3.8) is 0 Å². The number of hydrogen-bond donors (Lipinski definition) is 2. The minimum atomic E-state index is -1.07. The zero-order valence-corrected chi connectivity index (χ0v) is 9.71. The van der Waals surface area contributed by atoms with Gasteiger partial charge in [0.05, 0.1) is 5.69 Å². The fourth-order valence-electron chi connectivity index (χ4n) is 1.87. The van der Waals surface area contributed by atoms with E-state index < -0.39 is 5.97 Å². The first-order valence-corrected chi connectivity index (χ1v) is 6.13. The van der Waals surface area contributed by atoms with Crippen molar-refractivity contribution in [3.8, 4) is 0 Å². The summed E-state index contributed by atoms with van der Waals surface area (Å²) in [4.78, 5) is 16.4. The summed E-state index contributed by atoms with van der Waals surface area (Å²) in [5, 5.41) is 12.5. The van der Waals surface area contributed by atoms with Gasteiger partial charge < -0.3 is 14.8 Å². The van der Waals surface area contributed by atoms with Crippen LogP contribution >= 0.6 is 11.3 Å². The van der Waals surface area contributed by atoms with Gasteiger partial charge in [-0.3, -0.25) is 0 Å². The van der Waals surface area contributed by atoms with Crippen LogP contribution in [0.5, 0.6) is 0 Å². The van der Waals surface area contributed by atoms with Crippen molar-refractivity contribution in [1.82, 2.24) is 4.98 Å². The molecule has 0 aliphatic heterocycles. The van der Waals surface area contributed by atoms with Gasteiger partial charge in [0.15, 0.2) is 11.0 Å². The highest BCUT2D eigenvalue weighted by molar-refractivity contribution is 7.15. The molecule has 2 heterocycles. The van der Waals surface area contributed by atoms with Crippen molar-refractivity contribution in [2.45, 2.75) is 19.3 Å². The second-order valence-corrected chi connectivity index (χ2v) is 4.92. The third-order valence-electron chi connectivity index (χ3n) is 2.64. The van der Waals surface area contributed by atoms with E-state index in [4.69, 9.17) is 9.52 Å². The maximum Gasteiger partial charge on any atom is 0.371 e. The third kappa shape index (κ3) is 1.91. The molecule has 2 aromatic rings. The summed E-state index contributed by atoms with van der Waals surface area (Å²) in [6.45, 7) is 0. The first kappa shape index (κ1) is 10.3. The topological polar surface area (TPSA) is 75.4 Å². The molecule has 2 N–H and O–H groups in total. The van der Waals surface area contributed by atoms with Gasteiger partial charge in [0.2, 0.25) is 5.76 Å². The van der Waals surface area contributed by atoms with Crippen molar-refractivity contribution in [2.24, 2.45) is 0 Å². The third-order valence-corrected chi connectivity index (χ3v) is 3.72. The Balaban J connectivity index is 1.79. The summed E-state index contributed by atoms with van der Waals surface area (Å²) in [7, 11) is 0. The zero-order valence-electron chi connectivity index (χ0n) is 8.90. The molecule has 1 aliphatic carbocycles. The van der Waals surface area contributed by atoms with E-state index in [1.165, 1.54) is 17.4 Å².